The number of aryl methyl sites for hydroxylation is 1. The van der Waals surface area contributed by atoms with Crippen LogP contribution in [-0.4, -0.2) is 9.36 Å². The van der Waals surface area contributed by atoms with Crippen LogP contribution in [0.1, 0.15) is 5.69 Å². The summed E-state index contributed by atoms with van der Waals surface area (Å²) in [6.07, 6.45) is 1.80. The number of aromatic nitrogens is 2. The topological polar surface area (TPSA) is 25.8 Å². The highest BCUT2D eigenvalue weighted by Crippen LogP contribution is 2.18. The van der Waals surface area contributed by atoms with E-state index in [9.17, 15) is 0 Å². The van der Waals surface area contributed by atoms with E-state index in [4.69, 9.17) is 0 Å². The molecule has 2 aromatic rings. The van der Waals surface area contributed by atoms with Crippen molar-refractivity contribution in [3.8, 4) is 0 Å². The summed E-state index contributed by atoms with van der Waals surface area (Å²) < 4.78 is 5.34. The molecule has 0 spiro atoms. The summed E-state index contributed by atoms with van der Waals surface area (Å²) in [5, 5.41) is 0. The van der Waals surface area contributed by atoms with Crippen molar-refractivity contribution in [2.24, 2.45) is 0 Å². The molecule has 0 aliphatic rings. The van der Waals surface area contributed by atoms with Crippen LogP contribution in [0, 0.1) is 6.92 Å². The van der Waals surface area contributed by atoms with Crippen LogP contribution in [0.4, 0.5) is 0 Å². The summed E-state index contributed by atoms with van der Waals surface area (Å²) in [5.74, 6) is 0. The molecule has 0 aliphatic carbocycles. The van der Waals surface area contributed by atoms with Crippen molar-refractivity contribution in [1.82, 2.24) is 9.36 Å². The van der Waals surface area contributed by atoms with Crippen LogP contribution in [-0.2, 0) is 0 Å². The molecule has 3 heteroatoms. The van der Waals surface area contributed by atoms with Crippen LogP contribution in [0.15, 0.2) is 18.3 Å². The van der Waals surface area contributed by atoms with Gasteiger partial charge in [-0.05, 0) is 30.6 Å². The Hall–Kier alpha value is -0.960. The highest BCUT2D eigenvalue weighted by molar-refractivity contribution is 7.13. The van der Waals surface area contributed by atoms with Gasteiger partial charge in [-0.3, -0.25) is 4.98 Å². The molecule has 2 nitrogen and oxygen atoms in total. The zero-order valence-corrected chi connectivity index (χ0v) is 6.35. The lowest BCUT2D eigenvalue weighted by Gasteiger charge is -1.83. The zero-order chi connectivity index (χ0) is 6.97. The first-order valence-electron chi connectivity index (χ1n) is 3.05. The molecule has 2 aromatic heterocycles. The Morgan fingerprint density at radius 2 is 2.40 bits per heavy atom. The standard InChI is InChI=1S/C7H6N2S/c1-5-7-6(10-9-5)3-2-4-8-7/h2-4H,1H3. The van der Waals surface area contributed by atoms with E-state index in [1.807, 2.05) is 19.1 Å². The van der Waals surface area contributed by atoms with Crippen LogP contribution in [0.3, 0.4) is 0 Å². The van der Waals surface area contributed by atoms with E-state index in [0.29, 0.717) is 0 Å². The van der Waals surface area contributed by atoms with Crippen molar-refractivity contribution < 1.29 is 0 Å². The van der Waals surface area contributed by atoms with E-state index >= 15 is 0 Å². The molecule has 0 atom stereocenters. The maximum atomic E-state index is 4.19. The molecule has 0 amide bonds. The van der Waals surface area contributed by atoms with Gasteiger partial charge in [0, 0.05) is 6.20 Å². The van der Waals surface area contributed by atoms with Crippen molar-refractivity contribution in [3.05, 3.63) is 24.0 Å². The van der Waals surface area contributed by atoms with Gasteiger partial charge in [-0.25, -0.2) is 0 Å². The van der Waals surface area contributed by atoms with Crippen molar-refractivity contribution in [2.75, 3.05) is 0 Å². The number of fused-ring (bicyclic) bond motifs is 1. The van der Waals surface area contributed by atoms with Gasteiger partial charge in [-0.1, -0.05) is 0 Å². The summed E-state index contributed by atoms with van der Waals surface area (Å²) in [6.45, 7) is 1.98. The van der Waals surface area contributed by atoms with Crippen molar-refractivity contribution in [2.45, 2.75) is 6.92 Å². The van der Waals surface area contributed by atoms with Crippen LogP contribution < -0.4 is 0 Å². The van der Waals surface area contributed by atoms with Crippen molar-refractivity contribution in [1.29, 1.82) is 0 Å². The second kappa shape index (κ2) is 2.02. The van der Waals surface area contributed by atoms with E-state index in [0.717, 1.165) is 11.2 Å². The SMILES string of the molecule is Cc1nsc2cccnc12. The first-order chi connectivity index (χ1) is 4.88. The third-order valence-corrected chi connectivity index (χ3v) is 2.29. The van der Waals surface area contributed by atoms with E-state index in [1.54, 1.807) is 6.20 Å². The minimum absolute atomic E-state index is 1.03. The van der Waals surface area contributed by atoms with Gasteiger partial charge in [0.05, 0.1) is 10.4 Å². The maximum absolute atomic E-state index is 4.19. The minimum Gasteiger partial charge on any atom is -0.253 e. The molecular weight excluding hydrogens is 144 g/mol. The van der Waals surface area contributed by atoms with Gasteiger partial charge in [0.1, 0.15) is 5.52 Å². The number of rotatable bonds is 0. The molecule has 0 bridgehead atoms. The summed E-state index contributed by atoms with van der Waals surface area (Å²) in [7, 11) is 0. The summed E-state index contributed by atoms with van der Waals surface area (Å²) in [4.78, 5) is 4.19. The quantitative estimate of drug-likeness (QED) is 0.574. The van der Waals surface area contributed by atoms with Gasteiger partial charge in [0.2, 0.25) is 0 Å². The molecule has 0 saturated carbocycles. The average molecular weight is 150 g/mol. The smallest absolute Gasteiger partial charge is 0.104 e. The fourth-order valence-corrected chi connectivity index (χ4v) is 1.64. The molecule has 50 valence electrons. The maximum Gasteiger partial charge on any atom is 0.104 e. The Labute approximate surface area is 62.7 Å². The predicted octanol–water partition coefficient (Wildman–Crippen LogP) is 2.00. The molecule has 0 aliphatic heterocycles. The zero-order valence-electron chi connectivity index (χ0n) is 5.53. The normalized spacial score (nSPS) is 10.5. The third kappa shape index (κ3) is 0.708. The first-order valence-corrected chi connectivity index (χ1v) is 3.82. The van der Waals surface area contributed by atoms with Crippen molar-refractivity contribution in [3.63, 3.8) is 0 Å². The molecule has 2 rings (SSSR count). The predicted molar refractivity (Wildman–Crippen MR) is 42.2 cm³/mol. The highest BCUT2D eigenvalue weighted by Gasteiger charge is 1.99. The highest BCUT2D eigenvalue weighted by atomic mass is 32.1. The van der Waals surface area contributed by atoms with Gasteiger partial charge >= 0.3 is 0 Å². The van der Waals surface area contributed by atoms with Crippen LogP contribution in [0.2, 0.25) is 0 Å². The van der Waals surface area contributed by atoms with E-state index in [-0.39, 0.29) is 0 Å². The monoisotopic (exact) mass is 150 g/mol. The Morgan fingerprint density at radius 3 is 3.20 bits per heavy atom. The van der Waals surface area contributed by atoms with Gasteiger partial charge in [-0.15, -0.1) is 0 Å². The molecule has 0 N–H and O–H groups in total. The van der Waals surface area contributed by atoms with Gasteiger partial charge < -0.3 is 0 Å². The largest absolute Gasteiger partial charge is 0.253 e. The summed E-state index contributed by atoms with van der Waals surface area (Å²) in [6, 6.07) is 3.97. The molecule has 0 fully saturated rings. The molecule has 0 unspecified atom stereocenters. The van der Waals surface area contributed by atoms with Gasteiger partial charge in [0.25, 0.3) is 0 Å². The van der Waals surface area contributed by atoms with E-state index < -0.39 is 0 Å². The fourth-order valence-electron chi connectivity index (χ4n) is 0.897. The Balaban J connectivity index is 2.93. The second-order valence-corrected chi connectivity index (χ2v) is 2.92. The number of pyridine rings is 1. The summed E-state index contributed by atoms with van der Waals surface area (Å²) in [5.41, 5.74) is 2.06. The minimum atomic E-state index is 1.03. The third-order valence-electron chi connectivity index (χ3n) is 1.39. The lowest BCUT2D eigenvalue weighted by Crippen LogP contribution is -1.73. The Kier molecular flexibility index (Phi) is 1.17. The van der Waals surface area contributed by atoms with Crippen LogP contribution in [0.25, 0.3) is 10.2 Å². The molecule has 0 saturated heterocycles. The van der Waals surface area contributed by atoms with Crippen molar-refractivity contribution >= 4 is 21.7 Å². The number of hydrogen-bond acceptors (Lipinski definition) is 3. The second-order valence-electron chi connectivity index (χ2n) is 2.12. The average Bonchev–Trinajstić information content (AvgIpc) is 2.34. The lowest BCUT2D eigenvalue weighted by atomic mass is 10.3. The van der Waals surface area contributed by atoms with Crippen LogP contribution >= 0.6 is 11.5 Å². The fraction of sp³-hybridized carbons (Fsp3) is 0.143. The molecule has 0 aromatic carbocycles. The number of nitrogens with zero attached hydrogens (tertiary/aromatic N) is 2. The molecule has 2 heterocycles. The number of hydrogen-bond donors (Lipinski definition) is 0. The lowest BCUT2D eigenvalue weighted by molar-refractivity contribution is 1.31. The molecule has 10 heavy (non-hydrogen) atoms. The molecular formula is C7H6N2S. The summed E-state index contributed by atoms with van der Waals surface area (Å²) >= 11 is 1.50. The van der Waals surface area contributed by atoms with Gasteiger partial charge in [-0.2, -0.15) is 4.37 Å². The Bertz CT molecular complexity index is 353. The molecule has 0 radical (unpaired) electrons. The van der Waals surface area contributed by atoms with E-state index in [2.05, 4.69) is 9.36 Å². The van der Waals surface area contributed by atoms with E-state index in [1.165, 1.54) is 16.2 Å². The van der Waals surface area contributed by atoms with Crippen LogP contribution in [0.5, 0.6) is 0 Å². The first kappa shape index (κ1) is 5.80. The Morgan fingerprint density at radius 1 is 1.50 bits per heavy atom. The van der Waals surface area contributed by atoms with Gasteiger partial charge in [0.15, 0.2) is 0 Å².